The van der Waals surface area contributed by atoms with Crippen molar-refractivity contribution < 1.29 is 9.52 Å². The number of aliphatic hydroxyl groups excluding tert-OH is 1. The van der Waals surface area contributed by atoms with Crippen molar-refractivity contribution in [1.29, 1.82) is 0 Å². The standard InChI is InChI=1S/C18H22N6O3/c1-2-12-14(13-6-10-7-20-18(26)24-16(10)27-13)15(23-17(19)22-12)21-11-4-3-9(5-11)8-25/h6-7,9,11,25H,2-5,8H2,1H3,(H,20,24,26)(H3,19,21,22,23). The number of hydrogen-bond acceptors (Lipinski definition) is 8. The Morgan fingerprint density at radius 1 is 1.41 bits per heavy atom. The molecule has 3 aromatic heterocycles. The second kappa shape index (κ2) is 6.99. The van der Waals surface area contributed by atoms with E-state index >= 15 is 0 Å². The van der Waals surface area contributed by atoms with Crippen LogP contribution in [0, 0.1) is 5.92 Å². The number of nitrogens with two attached hydrogens (primary N) is 1. The minimum atomic E-state index is -0.466. The van der Waals surface area contributed by atoms with Crippen LogP contribution in [0.1, 0.15) is 31.9 Å². The van der Waals surface area contributed by atoms with Gasteiger partial charge in [-0.3, -0.25) is 4.98 Å². The van der Waals surface area contributed by atoms with E-state index in [9.17, 15) is 9.90 Å². The summed E-state index contributed by atoms with van der Waals surface area (Å²) in [5, 5.41) is 13.5. The van der Waals surface area contributed by atoms with Crippen LogP contribution in [-0.4, -0.2) is 37.7 Å². The maximum atomic E-state index is 11.5. The molecule has 0 saturated heterocycles. The number of nitrogens with zero attached hydrogens (tertiary/aromatic N) is 3. The fourth-order valence-corrected chi connectivity index (χ4v) is 3.69. The van der Waals surface area contributed by atoms with Gasteiger partial charge in [0.1, 0.15) is 11.6 Å². The Balaban J connectivity index is 1.78. The molecule has 3 heterocycles. The van der Waals surface area contributed by atoms with E-state index in [0.29, 0.717) is 35.0 Å². The Morgan fingerprint density at radius 2 is 2.26 bits per heavy atom. The van der Waals surface area contributed by atoms with Crippen molar-refractivity contribution in [3.8, 4) is 11.3 Å². The number of nitrogen functional groups attached to an aromatic ring is 1. The van der Waals surface area contributed by atoms with Crippen LogP contribution < -0.4 is 16.7 Å². The van der Waals surface area contributed by atoms with Crippen molar-refractivity contribution in [2.24, 2.45) is 5.92 Å². The highest BCUT2D eigenvalue weighted by Crippen LogP contribution is 2.36. The first kappa shape index (κ1) is 17.5. The van der Waals surface area contributed by atoms with Gasteiger partial charge in [0.05, 0.1) is 16.6 Å². The van der Waals surface area contributed by atoms with Gasteiger partial charge >= 0.3 is 5.69 Å². The van der Waals surface area contributed by atoms with E-state index in [1.807, 2.05) is 13.0 Å². The molecule has 2 atom stereocenters. The van der Waals surface area contributed by atoms with Crippen molar-refractivity contribution in [3.63, 3.8) is 0 Å². The molecule has 0 radical (unpaired) electrons. The van der Waals surface area contributed by atoms with Gasteiger partial charge in [-0.2, -0.15) is 4.98 Å². The molecule has 1 saturated carbocycles. The molecule has 0 amide bonds. The van der Waals surface area contributed by atoms with E-state index in [0.717, 1.165) is 30.5 Å². The van der Waals surface area contributed by atoms with Gasteiger partial charge in [-0.1, -0.05) is 6.92 Å². The Morgan fingerprint density at radius 3 is 3.00 bits per heavy atom. The molecule has 0 aliphatic heterocycles. The molecule has 1 aliphatic rings. The van der Waals surface area contributed by atoms with Gasteiger partial charge in [-0.15, -0.1) is 0 Å². The summed E-state index contributed by atoms with van der Waals surface area (Å²) in [5.74, 6) is 1.65. The summed E-state index contributed by atoms with van der Waals surface area (Å²) in [7, 11) is 0. The lowest BCUT2D eigenvalue weighted by Crippen LogP contribution is -2.19. The Kier molecular flexibility index (Phi) is 4.53. The second-order valence-electron chi connectivity index (χ2n) is 6.89. The number of H-pyrrole nitrogens is 1. The SMILES string of the molecule is CCc1nc(N)nc(NC2CCC(CO)C2)c1-c1cc2cnc(=O)[nH]c2o1. The largest absolute Gasteiger partial charge is 0.439 e. The van der Waals surface area contributed by atoms with Crippen molar-refractivity contribution >= 4 is 22.9 Å². The van der Waals surface area contributed by atoms with Gasteiger partial charge in [0, 0.05) is 18.8 Å². The van der Waals surface area contributed by atoms with E-state index in [2.05, 4.69) is 25.3 Å². The molecular formula is C18H22N6O3. The highest BCUT2D eigenvalue weighted by Gasteiger charge is 2.27. The summed E-state index contributed by atoms with van der Waals surface area (Å²) in [5.41, 5.74) is 7.30. The van der Waals surface area contributed by atoms with E-state index in [1.54, 1.807) is 0 Å². The van der Waals surface area contributed by atoms with Crippen LogP contribution in [0.25, 0.3) is 22.4 Å². The van der Waals surface area contributed by atoms with Crippen LogP contribution >= 0.6 is 0 Å². The van der Waals surface area contributed by atoms with Crippen molar-refractivity contribution in [1.82, 2.24) is 19.9 Å². The maximum absolute atomic E-state index is 11.5. The van der Waals surface area contributed by atoms with E-state index < -0.39 is 5.69 Å². The van der Waals surface area contributed by atoms with E-state index in [1.165, 1.54) is 6.20 Å². The lowest BCUT2D eigenvalue weighted by atomic mass is 10.1. The fraction of sp³-hybridized carbons (Fsp3) is 0.444. The highest BCUT2D eigenvalue weighted by atomic mass is 16.3. The van der Waals surface area contributed by atoms with Gasteiger partial charge in [0.2, 0.25) is 11.7 Å². The van der Waals surface area contributed by atoms with Crippen LogP contribution in [0.3, 0.4) is 0 Å². The second-order valence-corrected chi connectivity index (χ2v) is 6.89. The summed E-state index contributed by atoms with van der Waals surface area (Å²) in [4.78, 5) is 26.5. The molecule has 2 unspecified atom stereocenters. The van der Waals surface area contributed by atoms with Gasteiger partial charge in [0.15, 0.2) is 0 Å². The molecular weight excluding hydrogens is 348 g/mol. The van der Waals surface area contributed by atoms with Crippen LogP contribution in [0.2, 0.25) is 0 Å². The first-order valence-electron chi connectivity index (χ1n) is 9.10. The van der Waals surface area contributed by atoms with Crippen molar-refractivity contribution in [3.05, 3.63) is 28.4 Å². The smallest absolute Gasteiger partial charge is 0.347 e. The van der Waals surface area contributed by atoms with E-state index in [-0.39, 0.29) is 18.6 Å². The predicted octanol–water partition coefficient (Wildman–Crippen LogP) is 1.69. The molecule has 142 valence electrons. The summed E-state index contributed by atoms with van der Waals surface area (Å²) < 4.78 is 5.87. The molecule has 0 spiro atoms. The zero-order valence-corrected chi connectivity index (χ0v) is 15.0. The number of aromatic amines is 1. The van der Waals surface area contributed by atoms with Crippen LogP contribution in [-0.2, 0) is 6.42 Å². The third kappa shape index (κ3) is 3.37. The van der Waals surface area contributed by atoms with Crippen LogP contribution in [0.5, 0.6) is 0 Å². The van der Waals surface area contributed by atoms with Crippen molar-refractivity contribution in [2.75, 3.05) is 17.7 Å². The van der Waals surface area contributed by atoms with Crippen LogP contribution in [0.4, 0.5) is 11.8 Å². The lowest BCUT2D eigenvalue weighted by Gasteiger charge is -2.18. The number of aliphatic hydroxyl groups is 1. The summed E-state index contributed by atoms with van der Waals surface area (Å²) >= 11 is 0. The number of fused-ring (bicyclic) bond motifs is 1. The molecule has 0 bridgehead atoms. The molecule has 1 fully saturated rings. The molecule has 4 rings (SSSR count). The number of furan rings is 1. The zero-order chi connectivity index (χ0) is 19.0. The Bertz CT molecular complexity index is 1030. The number of rotatable bonds is 5. The third-order valence-electron chi connectivity index (χ3n) is 5.02. The first-order valence-corrected chi connectivity index (χ1v) is 9.10. The average Bonchev–Trinajstić information content (AvgIpc) is 3.27. The molecule has 3 aromatic rings. The van der Waals surface area contributed by atoms with Gasteiger partial charge in [-0.05, 0) is 37.7 Å². The van der Waals surface area contributed by atoms with Crippen LogP contribution in [0.15, 0.2) is 21.5 Å². The lowest BCUT2D eigenvalue weighted by molar-refractivity contribution is 0.229. The molecule has 0 aromatic carbocycles. The maximum Gasteiger partial charge on any atom is 0.347 e. The first-order chi connectivity index (χ1) is 13.1. The highest BCUT2D eigenvalue weighted by molar-refractivity contribution is 5.84. The summed E-state index contributed by atoms with van der Waals surface area (Å²) in [6.45, 7) is 2.18. The molecule has 9 heteroatoms. The molecule has 9 nitrogen and oxygen atoms in total. The molecule has 5 N–H and O–H groups in total. The number of aromatic nitrogens is 4. The molecule has 27 heavy (non-hydrogen) atoms. The normalized spacial score (nSPS) is 19.6. The Labute approximate surface area is 155 Å². The number of aryl methyl sites for hydroxylation is 1. The number of nitrogens with one attached hydrogen (secondary N) is 2. The third-order valence-corrected chi connectivity index (χ3v) is 5.02. The Hall–Kier alpha value is -2.94. The average molecular weight is 370 g/mol. The summed E-state index contributed by atoms with van der Waals surface area (Å²) in [6.07, 6.45) is 4.92. The number of anilines is 2. The zero-order valence-electron chi connectivity index (χ0n) is 15.0. The fourth-order valence-electron chi connectivity index (χ4n) is 3.69. The predicted molar refractivity (Wildman–Crippen MR) is 101 cm³/mol. The molecule has 1 aliphatic carbocycles. The van der Waals surface area contributed by atoms with Crippen molar-refractivity contribution in [2.45, 2.75) is 38.6 Å². The minimum absolute atomic E-state index is 0.195. The van der Waals surface area contributed by atoms with Gasteiger partial charge in [0.25, 0.3) is 0 Å². The number of hydrogen-bond donors (Lipinski definition) is 4. The topological polar surface area (TPSA) is 143 Å². The minimum Gasteiger partial charge on any atom is -0.439 e. The van der Waals surface area contributed by atoms with Gasteiger partial charge < -0.3 is 20.6 Å². The van der Waals surface area contributed by atoms with Gasteiger partial charge in [-0.25, -0.2) is 14.8 Å². The monoisotopic (exact) mass is 370 g/mol. The quantitative estimate of drug-likeness (QED) is 0.531. The van der Waals surface area contributed by atoms with E-state index in [4.69, 9.17) is 10.2 Å². The summed E-state index contributed by atoms with van der Waals surface area (Å²) in [6, 6.07) is 2.01.